The predicted molar refractivity (Wildman–Crippen MR) is 89.8 cm³/mol. The molecule has 4 heteroatoms. The first-order chi connectivity index (χ1) is 10.2. The van der Waals surface area contributed by atoms with Crippen molar-refractivity contribution in [3.63, 3.8) is 0 Å². The molecule has 21 heavy (non-hydrogen) atoms. The first kappa shape index (κ1) is 17.1. The van der Waals surface area contributed by atoms with Crippen LogP contribution in [-0.2, 0) is 9.53 Å². The van der Waals surface area contributed by atoms with Gasteiger partial charge in [0, 0.05) is 11.3 Å². The smallest absolute Gasteiger partial charge is 0.326 e. The van der Waals surface area contributed by atoms with Crippen LogP contribution < -0.4 is 5.32 Å². The number of ether oxygens (including phenoxy) is 1. The van der Waals surface area contributed by atoms with Gasteiger partial charge in [-0.2, -0.15) is 11.8 Å². The highest BCUT2D eigenvalue weighted by Crippen LogP contribution is 2.38. The van der Waals surface area contributed by atoms with Crippen LogP contribution >= 0.6 is 11.8 Å². The molecule has 0 bridgehead atoms. The third kappa shape index (κ3) is 5.17. The van der Waals surface area contributed by atoms with Gasteiger partial charge in [-0.3, -0.25) is 10.1 Å². The molecule has 0 aromatic carbocycles. The summed E-state index contributed by atoms with van der Waals surface area (Å²) in [5, 5.41) is 4.25. The van der Waals surface area contributed by atoms with Crippen molar-refractivity contribution in [2.45, 2.75) is 88.5 Å². The largest absolute Gasteiger partial charge is 0.465 e. The molecule has 2 rings (SSSR count). The van der Waals surface area contributed by atoms with Crippen LogP contribution in [0, 0.1) is 0 Å². The number of nitrogens with one attached hydrogen (secondary N) is 1. The van der Waals surface area contributed by atoms with Crippen molar-refractivity contribution in [2.24, 2.45) is 0 Å². The zero-order valence-electron chi connectivity index (χ0n) is 13.7. The van der Waals surface area contributed by atoms with Crippen molar-refractivity contribution in [3.05, 3.63) is 0 Å². The summed E-state index contributed by atoms with van der Waals surface area (Å²) in [7, 11) is 0. The maximum absolute atomic E-state index is 12.5. The molecule has 2 aliphatic carbocycles. The summed E-state index contributed by atoms with van der Waals surface area (Å²) in [6.45, 7) is 4.64. The lowest BCUT2D eigenvalue weighted by atomic mass is 9.81. The molecule has 122 valence electrons. The highest BCUT2D eigenvalue weighted by molar-refractivity contribution is 7.99. The van der Waals surface area contributed by atoms with Gasteiger partial charge in [0.25, 0.3) is 0 Å². The van der Waals surface area contributed by atoms with Gasteiger partial charge in [-0.1, -0.05) is 19.8 Å². The summed E-state index contributed by atoms with van der Waals surface area (Å²) in [5.74, 6) is 1.23. The SMILES string of the molecule is CCCCCSC1CCCC(NC2CC2)(C(=O)OCC)C1. The molecule has 0 aromatic rings. The van der Waals surface area contributed by atoms with E-state index < -0.39 is 5.54 Å². The minimum absolute atomic E-state index is 0.00393. The minimum Gasteiger partial charge on any atom is -0.465 e. The zero-order chi connectivity index (χ0) is 15.1. The fourth-order valence-electron chi connectivity index (χ4n) is 3.23. The number of hydrogen-bond donors (Lipinski definition) is 1. The molecule has 0 spiro atoms. The van der Waals surface area contributed by atoms with Crippen LogP contribution in [0.15, 0.2) is 0 Å². The maximum Gasteiger partial charge on any atom is 0.326 e. The van der Waals surface area contributed by atoms with E-state index in [0.717, 1.165) is 19.3 Å². The lowest BCUT2D eigenvalue weighted by Crippen LogP contribution is -2.57. The topological polar surface area (TPSA) is 38.3 Å². The summed E-state index contributed by atoms with van der Waals surface area (Å²) in [5.41, 5.74) is -0.391. The summed E-state index contributed by atoms with van der Waals surface area (Å²) in [6, 6.07) is 0.554. The third-order valence-electron chi connectivity index (χ3n) is 4.53. The Morgan fingerprint density at radius 3 is 2.76 bits per heavy atom. The molecule has 0 saturated heterocycles. The number of rotatable bonds is 9. The lowest BCUT2D eigenvalue weighted by molar-refractivity contribution is -0.152. The molecule has 2 saturated carbocycles. The van der Waals surface area contributed by atoms with Crippen molar-refractivity contribution in [2.75, 3.05) is 12.4 Å². The van der Waals surface area contributed by atoms with E-state index in [1.165, 1.54) is 44.3 Å². The van der Waals surface area contributed by atoms with Crippen molar-refractivity contribution in [3.8, 4) is 0 Å². The molecule has 0 aromatic heterocycles. The monoisotopic (exact) mass is 313 g/mol. The molecule has 2 fully saturated rings. The first-order valence-electron chi connectivity index (χ1n) is 8.76. The van der Waals surface area contributed by atoms with Gasteiger partial charge in [0.1, 0.15) is 5.54 Å². The van der Waals surface area contributed by atoms with Crippen molar-refractivity contribution in [1.82, 2.24) is 5.32 Å². The van der Waals surface area contributed by atoms with E-state index in [-0.39, 0.29) is 5.97 Å². The Labute approximate surface area is 134 Å². The van der Waals surface area contributed by atoms with Gasteiger partial charge in [-0.15, -0.1) is 0 Å². The second-order valence-electron chi connectivity index (χ2n) is 6.52. The molecule has 0 radical (unpaired) electrons. The minimum atomic E-state index is -0.391. The number of esters is 1. The van der Waals surface area contributed by atoms with E-state index in [9.17, 15) is 4.79 Å². The highest BCUT2D eigenvalue weighted by atomic mass is 32.2. The number of hydrogen-bond acceptors (Lipinski definition) is 4. The fraction of sp³-hybridized carbons (Fsp3) is 0.941. The molecule has 3 nitrogen and oxygen atoms in total. The van der Waals surface area contributed by atoms with E-state index in [4.69, 9.17) is 4.74 Å². The van der Waals surface area contributed by atoms with Crippen molar-refractivity contribution >= 4 is 17.7 Å². The van der Waals surface area contributed by atoms with Gasteiger partial charge in [0.15, 0.2) is 0 Å². The number of carbonyl (C=O) groups excluding carboxylic acids is 1. The lowest BCUT2D eigenvalue weighted by Gasteiger charge is -2.39. The Morgan fingerprint density at radius 2 is 2.10 bits per heavy atom. The zero-order valence-corrected chi connectivity index (χ0v) is 14.5. The van der Waals surface area contributed by atoms with Crippen LogP contribution in [-0.4, -0.2) is 35.2 Å². The van der Waals surface area contributed by atoms with Gasteiger partial charge in [0.05, 0.1) is 6.61 Å². The van der Waals surface area contributed by atoms with Gasteiger partial charge in [0.2, 0.25) is 0 Å². The molecule has 2 aliphatic rings. The third-order valence-corrected chi connectivity index (χ3v) is 5.93. The van der Waals surface area contributed by atoms with E-state index in [0.29, 0.717) is 17.9 Å². The summed E-state index contributed by atoms with van der Waals surface area (Å²) < 4.78 is 5.39. The average molecular weight is 314 g/mol. The van der Waals surface area contributed by atoms with Crippen LogP contribution in [0.25, 0.3) is 0 Å². The predicted octanol–water partition coefficient (Wildman–Crippen LogP) is 3.91. The van der Waals surface area contributed by atoms with Crippen LogP contribution in [0.5, 0.6) is 0 Å². The van der Waals surface area contributed by atoms with Gasteiger partial charge in [-0.25, -0.2) is 0 Å². The quantitative estimate of drug-likeness (QED) is 0.517. The Morgan fingerprint density at radius 1 is 1.29 bits per heavy atom. The van der Waals surface area contributed by atoms with Crippen molar-refractivity contribution in [1.29, 1.82) is 0 Å². The molecule has 2 unspecified atom stereocenters. The summed E-state index contributed by atoms with van der Waals surface area (Å²) in [4.78, 5) is 12.5. The normalized spacial score (nSPS) is 29.3. The van der Waals surface area contributed by atoms with Crippen LogP contribution in [0.3, 0.4) is 0 Å². The van der Waals surface area contributed by atoms with Crippen molar-refractivity contribution < 1.29 is 9.53 Å². The highest BCUT2D eigenvalue weighted by Gasteiger charge is 2.46. The Bertz CT molecular complexity index is 333. The molecule has 2 atom stereocenters. The first-order valence-corrected chi connectivity index (χ1v) is 9.81. The molecule has 0 aliphatic heterocycles. The van der Waals surface area contributed by atoms with Gasteiger partial charge < -0.3 is 4.74 Å². The van der Waals surface area contributed by atoms with E-state index in [1.54, 1.807) is 0 Å². The Hall–Kier alpha value is -0.220. The number of unbranched alkanes of at least 4 members (excludes halogenated alkanes) is 2. The van der Waals surface area contributed by atoms with E-state index >= 15 is 0 Å². The molecular weight excluding hydrogens is 282 g/mol. The average Bonchev–Trinajstić information content (AvgIpc) is 3.28. The Kier molecular flexibility index (Phi) is 6.87. The second-order valence-corrected chi connectivity index (χ2v) is 7.93. The molecule has 0 heterocycles. The summed E-state index contributed by atoms with van der Waals surface area (Å²) >= 11 is 2.07. The van der Waals surface area contributed by atoms with Crippen LogP contribution in [0.4, 0.5) is 0 Å². The molecule has 1 N–H and O–H groups in total. The maximum atomic E-state index is 12.5. The second kappa shape index (κ2) is 8.42. The van der Waals surface area contributed by atoms with Crippen LogP contribution in [0.2, 0.25) is 0 Å². The van der Waals surface area contributed by atoms with E-state index in [1.807, 2.05) is 6.92 Å². The summed E-state index contributed by atoms with van der Waals surface area (Å²) in [6.07, 6.45) is 10.6. The van der Waals surface area contributed by atoms with E-state index in [2.05, 4.69) is 24.0 Å². The van der Waals surface area contributed by atoms with Gasteiger partial charge in [-0.05, 0) is 57.6 Å². The van der Waals surface area contributed by atoms with Gasteiger partial charge >= 0.3 is 5.97 Å². The molecular formula is C17H31NO2S. The number of thioether (sulfide) groups is 1. The van der Waals surface area contributed by atoms with Crippen LogP contribution in [0.1, 0.15) is 71.6 Å². The standard InChI is InChI=1S/C17H31NO2S/c1-3-5-6-12-21-15-8-7-11-17(13-15,16(19)20-4-2)18-14-9-10-14/h14-15,18H,3-13H2,1-2H3. The molecule has 0 amide bonds. The fourth-order valence-corrected chi connectivity index (χ4v) is 4.67. The number of carbonyl (C=O) groups is 1. The Balaban J connectivity index is 1.90.